The number of carbonyl (C=O) groups is 1. The Bertz CT molecular complexity index is 625. The molecule has 0 heterocycles. The van der Waals surface area contributed by atoms with Gasteiger partial charge in [-0.1, -0.05) is 40.2 Å². The van der Waals surface area contributed by atoms with Gasteiger partial charge in [0, 0.05) is 24.5 Å². The molecular weight excluding hydrogens is 357 g/mol. The average Bonchev–Trinajstić information content (AvgIpc) is 2.55. The maximum atomic E-state index is 12.9. The van der Waals surface area contributed by atoms with Crippen molar-refractivity contribution in [1.82, 2.24) is 4.90 Å². The summed E-state index contributed by atoms with van der Waals surface area (Å²) in [6.07, 6.45) is 3.41. The summed E-state index contributed by atoms with van der Waals surface area (Å²) >= 11 is 3.42. The zero-order chi connectivity index (χ0) is 16.7. The van der Waals surface area contributed by atoms with Crippen molar-refractivity contribution in [2.24, 2.45) is 0 Å². The number of unbranched alkanes of at least 4 members (excludes halogenated alkanes) is 1. The predicted octanol–water partition coefficient (Wildman–Crippen LogP) is 4.96. The molecule has 0 fully saturated rings. The van der Waals surface area contributed by atoms with Crippen LogP contribution in [0.25, 0.3) is 0 Å². The first-order chi connectivity index (χ1) is 11.0. The maximum absolute atomic E-state index is 12.9. The summed E-state index contributed by atoms with van der Waals surface area (Å²) in [7, 11) is 1.79. The standard InChI is InChI=1S/C19H21BrFNO/c1-22(14-16-8-12-18(21)13-9-16)19(23)5-3-2-4-15-6-10-17(20)11-7-15/h6-13H,2-5,14H2,1H3. The molecule has 0 aliphatic heterocycles. The third kappa shape index (κ3) is 6.14. The van der Waals surface area contributed by atoms with E-state index in [2.05, 4.69) is 28.1 Å². The van der Waals surface area contributed by atoms with Crippen molar-refractivity contribution in [3.63, 3.8) is 0 Å². The molecule has 0 bridgehead atoms. The summed E-state index contributed by atoms with van der Waals surface area (Å²) in [5, 5.41) is 0. The Balaban J connectivity index is 1.69. The zero-order valence-electron chi connectivity index (χ0n) is 13.3. The molecule has 0 aliphatic carbocycles. The SMILES string of the molecule is CN(Cc1ccc(F)cc1)C(=O)CCCCc1ccc(Br)cc1. The van der Waals surface area contributed by atoms with Gasteiger partial charge in [-0.3, -0.25) is 4.79 Å². The normalized spacial score (nSPS) is 10.6. The van der Waals surface area contributed by atoms with Gasteiger partial charge in [-0.15, -0.1) is 0 Å². The van der Waals surface area contributed by atoms with E-state index in [4.69, 9.17) is 0 Å². The van der Waals surface area contributed by atoms with Gasteiger partial charge >= 0.3 is 0 Å². The second kappa shape index (κ2) is 8.82. The molecule has 0 aliphatic rings. The van der Waals surface area contributed by atoms with Crippen molar-refractivity contribution in [3.05, 3.63) is 69.9 Å². The summed E-state index contributed by atoms with van der Waals surface area (Å²) in [5.74, 6) is -0.124. The van der Waals surface area contributed by atoms with E-state index in [-0.39, 0.29) is 11.7 Å². The van der Waals surface area contributed by atoms with E-state index in [1.807, 2.05) is 12.1 Å². The molecule has 0 N–H and O–H groups in total. The number of aryl methyl sites for hydroxylation is 1. The van der Waals surface area contributed by atoms with Crippen LogP contribution in [0, 0.1) is 5.82 Å². The van der Waals surface area contributed by atoms with E-state index in [0.717, 1.165) is 29.3 Å². The molecule has 2 rings (SSSR count). The van der Waals surface area contributed by atoms with Crippen LogP contribution in [0.15, 0.2) is 53.0 Å². The molecular formula is C19H21BrFNO. The summed E-state index contributed by atoms with van der Waals surface area (Å²) in [6, 6.07) is 14.6. The Hall–Kier alpha value is -1.68. The van der Waals surface area contributed by atoms with Gasteiger partial charge in [0.25, 0.3) is 0 Å². The van der Waals surface area contributed by atoms with Crippen molar-refractivity contribution in [3.8, 4) is 0 Å². The number of hydrogen-bond acceptors (Lipinski definition) is 1. The quantitative estimate of drug-likeness (QED) is 0.624. The van der Waals surface area contributed by atoms with E-state index in [0.29, 0.717) is 13.0 Å². The number of hydrogen-bond donors (Lipinski definition) is 0. The molecule has 0 spiro atoms. The van der Waals surface area contributed by atoms with Gasteiger partial charge in [-0.05, 0) is 54.7 Å². The first-order valence-corrected chi connectivity index (χ1v) is 8.57. The van der Waals surface area contributed by atoms with Crippen molar-refractivity contribution in [2.75, 3.05) is 7.05 Å². The highest BCUT2D eigenvalue weighted by molar-refractivity contribution is 9.10. The molecule has 2 aromatic rings. The zero-order valence-corrected chi connectivity index (χ0v) is 14.9. The lowest BCUT2D eigenvalue weighted by atomic mass is 10.1. The third-order valence-corrected chi connectivity index (χ3v) is 4.31. The molecule has 0 unspecified atom stereocenters. The number of rotatable bonds is 7. The van der Waals surface area contributed by atoms with E-state index < -0.39 is 0 Å². The Morgan fingerprint density at radius 1 is 1.00 bits per heavy atom. The van der Waals surface area contributed by atoms with Crippen LogP contribution in [-0.2, 0) is 17.8 Å². The van der Waals surface area contributed by atoms with Crippen LogP contribution < -0.4 is 0 Å². The summed E-state index contributed by atoms with van der Waals surface area (Å²) in [6.45, 7) is 0.520. The van der Waals surface area contributed by atoms with Crippen LogP contribution in [0.5, 0.6) is 0 Å². The first-order valence-electron chi connectivity index (χ1n) is 7.77. The predicted molar refractivity (Wildman–Crippen MR) is 94.6 cm³/mol. The lowest BCUT2D eigenvalue weighted by Gasteiger charge is -2.17. The second-order valence-electron chi connectivity index (χ2n) is 5.71. The number of carbonyl (C=O) groups excluding carboxylic acids is 1. The van der Waals surface area contributed by atoms with Crippen LogP contribution in [0.2, 0.25) is 0 Å². The van der Waals surface area contributed by atoms with Crippen LogP contribution in [0.4, 0.5) is 4.39 Å². The van der Waals surface area contributed by atoms with E-state index in [1.165, 1.54) is 17.7 Å². The van der Waals surface area contributed by atoms with Crippen molar-refractivity contribution >= 4 is 21.8 Å². The fourth-order valence-corrected chi connectivity index (χ4v) is 2.66. The highest BCUT2D eigenvalue weighted by atomic mass is 79.9. The van der Waals surface area contributed by atoms with Gasteiger partial charge in [-0.25, -0.2) is 4.39 Å². The van der Waals surface area contributed by atoms with E-state index in [1.54, 1.807) is 24.1 Å². The van der Waals surface area contributed by atoms with E-state index in [9.17, 15) is 9.18 Å². The monoisotopic (exact) mass is 377 g/mol. The number of benzene rings is 2. The highest BCUT2D eigenvalue weighted by Gasteiger charge is 2.09. The third-order valence-electron chi connectivity index (χ3n) is 3.78. The van der Waals surface area contributed by atoms with Crippen LogP contribution in [-0.4, -0.2) is 17.9 Å². The van der Waals surface area contributed by atoms with Crippen molar-refractivity contribution in [1.29, 1.82) is 0 Å². The van der Waals surface area contributed by atoms with Gasteiger partial charge in [0.05, 0.1) is 0 Å². The molecule has 2 aromatic carbocycles. The van der Waals surface area contributed by atoms with Gasteiger partial charge in [0.15, 0.2) is 0 Å². The van der Waals surface area contributed by atoms with Crippen molar-refractivity contribution < 1.29 is 9.18 Å². The van der Waals surface area contributed by atoms with Gasteiger partial charge in [-0.2, -0.15) is 0 Å². The molecule has 0 saturated heterocycles. The molecule has 0 atom stereocenters. The van der Waals surface area contributed by atoms with Crippen LogP contribution in [0.1, 0.15) is 30.4 Å². The van der Waals surface area contributed by atoms with Crippen LogP contribution >= 0.6 is 15.9 Å². The Kier molecular flexibility index (Phi) is 6.78. The van der Waals surface area contributed by atoms with Gasteiger partial charge in [0.1, 0.15) is 5.82 Å². The molecule has 0 saturated carbocycles. The fraction of sp³-hybridized carbons (Fsp3) is 0.316. The first kappa shape index (κ1) is 17.7. The van der Waals surface area contributed by atoms with Gasteiger partial charge in [0.2, 0.25) is 5.91 Å². The molecule has 0 aromatic heterocycles. The Labute approximate surface area is 145 Å². The van der Waals surface area contributed by atoms with Crippen molar-refractivity contribution in [2.45, 2.75) is 32.2 Å². The minimum absolute atomic E-state index is 0.130. The second-order valence-corrected chi connectivity index (χ2v) is 6.63. The lowest BCUT2D eigenvalue weighted by Crippen LogP contribution is -2.25. The number of nitrogens with zero attached hydrogens (tertiary/aromatic N) is 1. The summed E-state index contributed by atoms with van der Waals surface area (Å²) in [4.78, 5) is 13.8. The number of halogens is 2. The fourth-order valence-electron chi connectivity index (χ4n) is 2.40. The molecule has 122 valence electrons. The van der Waals surface area contributed by atoms with Crippen LogP contribution in [0.3, 0.4) is 0 Å². The molecule has 2 nitrogen and oxygen atoms in total. The summed E-state index contributed by atoms with van der Waals surface area (Å²) in [5.41, 5.74) is 2.23. The molecule has 0 radical (unpaired) electrons. The largest absolute Gasteiger partial charge is 0.341 e. The lowest BCUT2D eigenvalue weighted by molar-refractivity contribution is -0.130. The summed E-state index contributed by atoms with van der Waals surface area (Å²) < 4.78 is 13.9. The highest BCUT2D eigenvalue weighted by Crippen LogP contribution is 2.13. The molecule has 4 heteroatoms. The van der Waals surface area contributed by atoms with E-state index >= 15 is 0 Å². The maximum Gasteiger partial charge on any atom is 0.222 e. The smallest absolute Gasteiger partial charge is 0.222 e. The Morgan fingerprint density at radius 2 is 1.61 bits per heavy atom. The number of amides is 1. The van der Waals surface area contributed by atoms with Gasteiger partial charge < -0.3 is 4.90 Å². The molecule has 23 heavy (non-hydrogen) atoms. The topological polar surface area (TPSA) is 20.3 Å². The Morgan fingerprint density at radius 3 is 2.26 bits per heavy atom. The minimum Gasteiger partial charge on any atom is -0.341 e. The molecule has 1 amide bonds. The average molecular weight is 378 g/mol. The minimum atomic E-state index is -0.254.